The molecule has 26 heavy (non-hydrogen) atoms. The van der Waals surface area contributed by atoms with Crippen LogP contribution in [0, 0.1) is 11.6 Å². The molecule has 2 aromatic rings. The highest BCUT2D eigenvalue weighted by atomic mass is 19.2. The van der Waals surface area contributed by atoms with Crippen molar-refractivity contribution in [3.63, 3.8) is 0 Å². The summed E-state index contributed by atoms with van der Waals surface area (Å²) in [7, 11) is 0. The van der Waals surface area contributed by atoms with Crippen LogP contribution in [-0.4, -0.2) is 23.3 Å². The summed E-state index contributed by atoms with van der Waals surface area (Å²) in [6.45, 7) is 3.02. The Morgan fingerprint density at radius 2 is 1.88 bits per heavy atom. The molecule has 1 N–H and O–H groups in total. The van der Waals surface area contributed by atoms with Crippen LogP contribution in [0.4, 0.5) is 8.78 Å². The summed E-state index contributed by atoms with van der Waals surface area (Å²) >= 11 is 0. The summed E-state index contributed by atoms with van der Waals surface area (Å²) in [4.78, 5) is 25.8. The first-order valence-corrected chi connectivity index (χ1v) is 8.56. The van der Waals surface area contributed by atoms with Crippen molar-refractivity contribution >= 4 is 11.8 Å². The van der Waals surface area contributed by atoms with E-state index in [9.17, 15) is 18.4 Å². The molecule has 1 unspecified atom stereocenters. The lowest BCUT2D eigenvalue weighted by atomic mass is 10.1. The highest BCUT2D eigenvalue weighted by molar-refractivity contribution is 5.94. The lowest BCUT2D eigenvalue weighted by Gasteiger charge is -2.16. The smallest absolute Gasteiger partial charge is 0.251 e. The van der Waals surface area contributed by atoms with Crippen molar-refractivity contribution in [2.75, 3.05) is 6.54 Å². The number of carbonyl (C=O) groups is 2. The molecular formula is C20H20F2N2O2. The molecule has 3 rings (SSSR count). The second kappa shape index (κ2) is 7.64. The number of nitrogens with zero attached hydrogens (tertiary/aromatic N) is 1. The van der Waals surface area contributed by atoms with Crippen molar-refractivity contribution in [1.82, 2.24) is 10.2 Å². The maximum atomic E-state index is 13.3. The van der Waals surface area contributed by atoms with Crippen molar-refractivity contribution in [2.24, 2.45) is 0 Å². The number of hydrogen-bond donors (Lipinski definition) is 1. The minimum atomic E-state index is -0.940. The Kier molecular flexibility index (Phi) is 5.30. The molecule has 2 aromatic carbocycles. The molecule has 1 aliphatic heterocycles. The molecule has 6 heteroatoms. The highest BCUT2D eigenvalue weighted by Crippen LogP contribution is 2.18. The standard InChI is InChI=1S/C20H20F2N2O2/c1-13(16-8-9-17(21)18(22)11-16)23-20(26)15-6-4-14(5-7-15)12-24-10-2-3-19(24)25/h4-9,11,13H,2-3,10,12H2,1H3,(H,23,26). The average molecular weight is 358 g/mol. The fourth-order valence-corrected chi connectivity index (χ4v) is 3.00. The second-order valence-corrected chi connectivity index (χ2v) is 6.48. The first-order chi connectivity index (χ1) is 12.4. The van der Waals surface area contributed by atoms with Gasteiger partial charge in [-0.15, -0.1) is 0 Å². The molecule has 0 radical (unpaired) electrons. The third kappa shape index (κ3) is 4.07. The summed E-state index contributed by atoms with van der Waals surface area (Å²) < 4.78 is 26.3. The van der Waals surface area contributed by atoms with E-state index in [0.717, 1.165) is 30.7 Å². The molecule has 1 atom stereocenters. The van der Waals surface area contributed by atoms with Gasteiger partial charge in [0.25, 0.3) is 5.91 Å². The first kappa shape index (κ1) is 18.0. The van der Waals surface area contributed by atoms with Gasteiger partial charge in [0.05, 0.1) is 6.04 Å². The Hall–Kier alpha value is -2.76. The zero-order valence-corrected chi connectivity index (χ0v) is 14.5. The highest BCUT2D eigenvalue weighted by Gasteiger charge is 2.20. The average Bonchev–Trinajstić information content (AvgIpc) is 3.02. The van der Waals surface area contributed by atoms with E-state index >= 15 is 0 Å². The van der Waals surface area contributed by atoms with E-state index in [4.69, 9.17) is 0 Å². The molecule has 1 saturated heterocycles. The van der Waals surface area contributed by atoms with Crippen LogP contribution in [0.5, 0.6) is 0 Å². The van der Waals surface area contributed by atoms with Crippen LogP contribution >= 0.6 is 0 Å². The van der Waals surface area contributed by atoms with Gasteiger partial charge >= 0.3 is 0 Å². The van der Waals surface area contributed by atoms with Crippen LogP contribution < -0.4 is 5.32 Å². The molecule has 0 spiro atoms. The molecule has 4 nitrogen and oxygen atoms in total. The summed E-state index contributed by atoms with van der Waals surface area (Å²) in [6, 6.07) is 10.1. The van der Waals surface area contributed by atoms with Crippen molar-refractivity contribution in [3.05, 3.63) is 70.8 Å². The maximum absolute atomic E-state index is 13.3. The molecule has 0 aromatic heterocycles. The van der Waals surface area contributed by atoms with Gasteiger partial charge in [-0.2, -0.15) is 0 Å². The Labute approximate surface area is 150 Å². The van der Waals surface area contributed by atoms with E-state index in [1.54, 1.807) is 24.0 Å². The second-order valence-electron chi connectivity index (χ2n) is 6.48. The topological polar surface area (TPSA) is 49.4 Å². The third-order valence-electron chi connectivity index (χ3n) is 4.55. The summed E-state index contributed by atoms with van der Waals surface area (Å²) in [6.07, 6.45) is 1.49. The van der Waals surface area contributed by atoms with E-state index in [1.165, 1.54) is 6.07 Å². The summed E-state index contributed by atoms with van der Waals surface area (Å²) in [5.41, 5.74) is 1.92. The minimum Gasteiger partial charge on any atom is -0.346 e. The van der Waals surface area contributed by atoms with Crippen molar-refractivity contribution < 1.29 is 18.4 Å². The number of nitrogens with one attached hydrogen (secondary N) is 1. The van der Waals surface area contributed by atoms with E-state index < -0.39 is 17.7 Å². The Morgan fingerprint density at radius 3 is 2.50 bits per heavy atom. The molecule has 1 aliphatic rings. The van der Waals surface area contributed by atoms with Crippen molar-refractivity contribution in [1.29, 1.82) is 0 Å². The van der Waals surface area contributed by atoms with Gasteiger partial charge in [0.2, 0.25) is 5.91 Å². The predicted molar refractivity (Wildman–Crippen MR) is 93.3 cm³/mol. The molecular weight excluding hydrogens is 338 g/mol. The number of carbonyl (C=O) groups excluding carboxylic acids is 2. The number of rotatable bonds is 5. The maximum Gasteiger partial charge on any atom is 0.251 e. The SMILES string of the molecule is CC(NC(=O)c1ccc(CN2CCCC2=O)cc1)c1ccc(F)c(F)c1. The van der Waals surface area contributed by atoms with Crippen LogP contribution in [0.3, 0.4) is 0 Å². The molecule has 0 saturated carbocycles. The monoisotopic (exact) mass is 358 g/mol. The molecule has 136 valence electrons. The number of benzene rings is 2. The normalized spacial score (nSPS) is 15.2. The Morgan fingerprint density at radius 1 is 1.15 bits per heavy atom. The number of halogens is 2. The zero-order chi connectivity index (χ0) is 18.7. The number of amides is 2. The van der Waals surface area contributed by atoms with Crippen LogP contribution in [0.15, 0.2) is 42.5 Å². The Bertz CT molecular complexity index is 821. The van der Waals surface area contributed by atoms with Gasteiger partial charge in [-0.1, -0.05) is 18.2 Å². The quantitative estimate of drug-likeness (QED) is 0.888. The summed E-state index contributed by atoms with van der Waals surface area (Å²) in [5, 5.41) is 2.77. The van der Waals surface area contributed by atoms with Crippen LogP contribution in [0.2, 0.25) is 0 Å². The van der Waals surface area contributed by atoms with Crippen molar-refractivity contribution in [3.8, 4) is 0 Å². The number of likely N-dealkylation sites (tertiary alicyclic amines) is 1. The van der Waals surface area contributed by atoms with Gasteiger partial charge in [0.1, 0.15) is 0 Å². The van der Waals surface area contributed by atoms with Crippen molar-refractivity contribution in [2.45, 2.75) is 32.4 Å². The van der Waals surface area contributed by atoms with Gasteiger partial charge in [-0.05, 0) is 48.7 Å². The van der Waals surface area contributed by atoms with E-state index in [2.05, 4.69) is 5.32 Å². The molecule has 0 aliphatic carbocycles. The summed E-state index contributed by atoms with van der Waals surface area (Å²) in [5.74, 6) is -2.00. The van der Waals surface area contributed by atoms with Gasteiger partial charge in [0.15, 0.2) is 11.6 Å². The zero-order valence-electron chi connectivity index (χ0n) is 14.5. The predicted octanol–water partition coefficient (Wildman–Crippen LogP) is 3.58. The third-order valence-corrected chi connectivity index (χ3v) is 4.55. The Balaban J connectivity index is 1.62. The van der Waals surface area contributed by atoms with E-state index in [1.807, 2.05) is 12.1 Å². The van der Waals surface area contributed by atoms with Crippen LogP contribution in [0.25, 0.3) is 0 Å². The molecule has 1 heterocycles. The van der Waals surface area contributed by atoms with Gasteiger partial charge < -0.3 is 10.2 Å². The first-order valence-electron chi connectivity index (χ1n) is 8.56. The van der Waals surface area contributed by atoms with Gasteiger partial charge in [-0.25, -0.2) is 8.78 Å². The minimum absolute atomic E-state index is 0.159. The van der Waals surface area contributed by atoms with Gasteiger partial charge in [0, 0.05) is 25.1 Å². The van der Waals surface area contributed by atoms with Crippen LogP contribution in [-0.2, 0) is 11.3 Å². The fraction of sp³-hybridized carbons (Fsp3) is 0.300. The lowest BCUT2D eigenvalue weighted by Crippen LogP contribution is -2.27. The van der Waals surface area contributed by atoms with E-state index in [0.29, 0.717) is 24.1 Å². The van der Waals surface area contributed by atoms with Crippen LogP contribution in [0.1, 0.15) is 47.3 Å². The molecule has 2 amide bonds. The fourth-order valence-electron chi connectivity index (χ4n) is 3.00. The largest absolute Gasteiger partial charge is 0.346 e. The van der Waals surface area contributed by atoms with E-state index in [-0.39, 0.29) is 11.8 Å². The molecule has 1 fully saturated rings. The van der Waals surface area contributed by atoms with Gasteiger partial charge in [-0.3, -0.25) is 9.59 Å². The number of hydrogen-bond acceptors (Lipinski definition) is 2. The lowest BCUT2D eigenvalue weighted by molar-refractivity contribution is -0.128. The molecule has 0 bridgehead atoms.